The van der Waals surface area contributed by atoms with Crippen LogP contribution in [0.5, 0.6) is 0 Å². The lowest BCUT2D eigenvalue weighted by molar-refractivity contribution is -0.355. The molecular weight excluding hydrogens is 410 g/mol. The number of anilines is 2. The van der Waals surface area contributed by atoms with E-state index in [-0.39, 0.29) is 5.91 Å². The Morgan fingerprint density at radius 2 is 1.92 bits per heavy atom. The van der Waals surface area contributed by atoms with Crippen LogP contribution in [-0.2, 0) is 19.3 Å². The number of thiophene rings is 1. The largest absolute Gasteiger partial charge is 0.397 e. The van der Waals surface area contributed by atoms with Gasteiger partial charge in [0, 0.05) is 22.1 Å². The Morgan fingerprint density at radius 1 is 1.23 bits per heavy atom. The molecule has 0 fully saturated rings. The fourth-order valence-corrected chi connectivity index (χ4v) is 5.08. The molecule has 26 heavy (non-hydrogen) atoms. The average Bonchev–Trinajstić information content (AvgIpc) is 2.99. The summed E-state index contributed by atoms with van der Waals surface area (Å²) in [4.78, 5) is 17.9. The summed E-state index contributed by atoms with van der Waals surface area (Å²) in [5.41, 5.74) is 11.9. The van der Waals surface area contributed by atoms with Crippen LogP contribution in [0.25, 0.3) is 10.2 Å². The second-order valence-corrected chi connectivity index (χ2v) is 8.57. The van der Waals surface area contributed by atoms with Crippen molar-refractivity contribution in [3.05, 3.63) is 50.4 Å². The zero-order valence-corrected chi connectivity index (χ0v) is 17.0. The highest BCUT2D eigenvalue weighted by Gasteiger charge is 2.28. The molecule has 2 aromatic heterocycles. The van der Waals surface area contributed by atoms with E-state index in [9.17, 15) is 4.79 Å². The van der Waals surface area contributed by atoms with Crippen LogP contribution in [0.2, 0.25) is 0 Å². The summed E-state index contributed by atoms with van der Waals surface area (Å²) < 4.78 is 0.977. The number of aromatic nitrogens is 1. The topological polar surface area (TPSA) is 69.3 Å². The summed E-state index contributed by atoms with van der Waals surface area (Å²) in [5, 5.41) is 4.01. The molecule has 0 bridgehead atoms. The third kappa shape index (κ3) is 3.01. The Morgan fingerprint density at radius 3 is 2.62 bits per heavy atom. The molecule has 4 N–H and O–H groups in total. The van der Waals surface area contributed by atoms with Gasteiger partial charge in [-0.05, 0) is 55.5 Å². The van der Waals surface area contributed by atoms with Crippen molar-refractivity contribution in [2.45, 2.75) is 39.0 Å². The van der Waals surface area contributed by atoms with Crippen molar-refractivity contribution >= 4 is 54.8 Å². The van der Waals surface area contributed by atoms with Gasteiger partial charge < -0.3 is 11.1 Å². The van der Waals surface area contributed by atoms with E-state index in [1.165, 1.54) is 41.0 Å². The van der Waals surface area contributed by atoms with Gasteiger partial charge in [-0.25, -0.2) is 0 Å². The SMILES string of the molecule is CCc1[nH+]c2sc(C(=O)Nc3ccc(Br)cc3)c(N)c2c2c1CCCC2. The number of rotatable bonds is 3. The number of nitrogen functional groups attached to an aromatic ring is 1. The fraction of sp³-hybridized carbons (Fsp3) is 0.300. The maximum absolute atomic E-state index is 12.8. The zero-order valence-electron chi connectivity index (χ0n) is 14.6. The first-order valence-electron chi connectivity index (χ1n) is 8.93. The number of fused-ring (bicyclic) bond motifs is 3. The van der Waals surface area contributed by atoms with Crippen molar-refractivity contribution in [2.24, 2.45) is 0 Å². The quantitative estimate of drug-likeness (QED) is 0.628. The molecule has 3 aromatic rings. The summed E-state index contributed by atoms with van der Waals surface area (Å²) >= 11 is 4.86. The molecule has 1 aliphatic rings. The number of pyridine rings is 1. The minimum atomic E-state index is -0.151. The van der Waals surface area contributed by atoms with Gasteiger partial charge >= 0.3 is 0 Å². The van der Waals surface area contributed by atoms with E-state index >= 15 is 0 Å². The summed E-state index contributed by atoms with van der Waals surface area (Å²) in [5.74, 6) is -0.151. The molecule has 1 aliphatic carbocycles. The Labute approximate surface area is 164 Å². The molecule has 1 aromatic carbocycles. The number of hydrogen-bond donors (Lipinski definition) is 2. The van der Waals surface area contributed by atoms with Crippen molar-refractivity contribution in [3.63, 3.8) is 0 Å². The van der Waals surface area contributed by atoms with Crippen LogP contribution in [0, 0.1) is 0 Å². The molecule has 0 aliphatic heterocycles. The molecule has 1 amide bonds. The van der Waals surface area contributed by atoms with Gasteiger partial charge in [0.25, 0.3) is 10.7 Å². The van der Waals surface area contributed by atoms with Crippen molar-refractivity contribution in [3.8, 4) is 0 Å². The summed E-state index contributed by atoms with van der Waals surface area (Å²) in [6.45, 7) is 2.17. The lowest BCUT2D eigenvalue weighted by atomic mass is 9.88. The minimum absolute atomic E-state index is 0.151. The van der Waals surface area contributed by atoms with E-state index < -0.39 is 0 Å². The number of carbonyl (C=O) groups is 1. The highest BCUT2D eigenvalue weighted by molar-refractivity contribution is 9.10. The summed E-state index contributed by atoms with van der Waals surface area (Å²) in [7, 11) is 0. The van der Waals surface area contributed by atoms with E-state index in [1.54, 1.807) is 0 Å². The molecular formula is C20H21BrN3OS+. The molecule has 0 saturated carbocycles. The number of nitrogens with two attached hydrogens (primary N) is 1. The molecule has 0 atom stereocenters. The van der Waals surface area contributed by atoms with E-state index in [4.69, 9.17) is 5.73 Å². The van der Waals surface area contributed by atoms with Crippen molar-refractivity contribution in [1.29, 1.82) is 0 Å². The van der Waals surface area contributed by atoms with Crippen molar-refractivity contribution in [1.82, 2.24) is 0 Å². The number of nitrogens with one attached hydrogen (secondary N) is 2. The van der Waals surface area contributed by atoms with Gasteiger partial charge in [-0.3, -0.25) is 4.79 Å². The maximum atomic E-state index is 12.8. The van der Waals surface area contributed by atoms with Crippen LogP contribution in [0.15, 0.2) is 28.7 Å². The summed E-state index contributed by atoms with van der Waals surface area (Å²) in [6.07, 6.45) is 5.52. The molecule has 4 nitrogen and oxygen atoms in total. The van der Waals surface area contributed by atoms with Gasteiger partial charge in [-0.15, -0.1) is 0 Å². The number of aryl methyl sites for hydroxylation is 2. The predicted molar refractivity (Wildman–Crippen MR) is 111 cm³/mol. The minimum Gasteiger partial charge on any atom is -0.397 e. The van der Waals surface area contributed by atoms with Crippen molar-refractivity contribution in [2.75, 3.05) is 11.1 Å². The normalized spacial score (nSPS) is 13.6. The van der Waals surface area contributed by atoms with Crippen LogP contribution < -0.4 is 16.0 Å². The lowest BCUT2D eigenvalue weighted by Gasteiger charge is -2.16. The van der Waals surface area contributed by atoms with Crippen molar-refractivity contribution < 1.29 is 9.78 Å². The van der Waals surface area contributed by atoms with Crippen LogP contribution in [0.4, 0.5) is 11.4 Å². The molecule has 4 rings (SSSR count). The second kappa shape index (κ2) is 7.00. The van der Waals surface area contributed by atoms with E-state index in [0.29, 0.717) is 10.6 Å². The maximum Gasteiger partial charge on any atom is 0.270 e. The number of aromatic amines is 1. The van der Waals surface area contributed by atoms with Gasteiger partial charge in [0.05, 0.1) is 11.1 Å². The molecule has 0 radical (unpaired) electrons. The van der Waals surface area contributed by atoms with Crippen LogP contribution in [0.3, 0.4) is 0 Å². The van der Waals surface area contributed by atoms with Crippen LogP contribution >= 0.6 is 27.3 Å². The third-order valence-corrected chi connectivity index (χ3v) is 6.65. The standard InChI is InChI=1S/C20H20BrN3OS/c1-2-15-13-5-3-4-6-14(13)16-17(22)18(26-20(16)24-15)19(25)23-12-9-7-11(21)8-10-12/h7-10H,2-6,22H2,1H3,(H,23,25)/p+1. The molecule has 2 heterocycles. The van der Waals surface area contributed by atoms with Crippen LogP contribution in [0.1, 0.15) is 46.3 Å². The average molecular weight is 431 g/mol. The first kappa shape index (κ1) is 17.5. The Bertz CT molecular complexity index is 995. The number of amides is 1. The van der Waals surface area contributed by atoms with Gasteiger partial charge in [-0.2, -0.15) is 4.98 Å². The number of hydrogen-bond acceptors (Lipinski definition) is 3. The molecule has 6 heteroatoms. The number of H-pyrrole nitrogens is 1. The Kier molecular flexibility index (Phi) is 4.71. The number of benzene rings is 1. The third-order valence-electron chi connectivity index (χ3n) is 5.01. The zero-order chi connectivity index (χ0) is 18.3. The first-order chi connectivity index (χ1) is 12.6. The predicted octanol–water partition coefficient (Wildman–Crippen LogP) is 4.75. The van der Waals surface area contributed by atoms with E-state index in [1.807, 2.05) is 24.3 Å². The fourth-order valence-electron chi connectivity index (χ4n) is 3.75. The Hall–Kier alpha value is -1.92. The van der Waals surface area contributed by atoms with Gasteiger partial charge in [0.1, 0.15) is 4.88 Å². The highest BCUT2D eigenvalue weighted by atomic mass is 79.9. The van der Waals surface area contributed by atoms with Gasteiger partial charge in [0.2, 0.25) is 0 Å². The van der Waals surface area contributed by atoms with Crippen LogP contribution in [-0.4, -0.2) is 5.91 Å². The highest BCUT2D eigenvalue weighted by Crippen LogP contribution is 2.38. The van der Waals surface area contributed by atoms with E-state index in [0.717, 1.165) is 39.6 Å². The summed E-state index contributed by atoms with van der Waals surface area (Å²) in [6, 6.07) is 7.55. The lowest BCUT2D eigenvalue weighted by Crippen LogP contribution is -2.19. The molecule has 0 unspecified atom stereocenters. The first-order valence-corrected chi connectivity index (χ1v) is 10.5. The molecule has 134 valence electrons. The molecule has 0 spiro atoms. The second-order valence-electron chi connectivity index (χ2n) is 6.63. The smallest absolute Gasteiger partial charge is 0.270 e. The monoisotopic (exact) mass is 430 g/mol. The van der Waals surface area contributed by atoms with E-state index in [2.05, 4.69) is 33.2 Å². The number of carbonyl (C=O) groups excluding carboxylic acids is 1. The Balaban J connectivity index is 1.77. The van der Waals surface area contributed by atoms with Gasteiger partial charge in [-0.1, -0.05) is 34.2 Å². The van der Waals surface area contributed by atoms with Gasteiger partial charge in [0.15, 0.2) is 5.69 Å². The number of halogens is 1. The molecule has 0 saturated heterocycles.